The number of fused-ring (bicyclic) bond motifs is 1. The van der Waals surface area contributed by atoms with Crippen LogP contribution < -0.4 is 10.7 Å². The van der Waals surface area contributed by atoms with Gasteiger partial charge in [-0.3, -0.25) is 0 Å². The fraction of sp³-hybridized carbons (Fsp3) is 0.200. The molecule has 0 atom stereocenters. The molecule has 0 unspecified atom stereocenters. The lowest BCUT2D eigenvalue weighted by molar-refractivity contribution is 0.0524. The lowest BCUT2D eigenvalue weighted by Crippen LogP contribution is -2.29. The molecule has 0 aliphatic carbocycles. The second kappa shape index (κ2) is 3.61. The van der Waals surface area contributed by atoms with Crippen molar-refractivity contribution < 1.29 is 14.3 Å². The number of urea groups is 1. The van der Waals surface area contributed by atoms with Crippen LogP contribution in [0.25, 0.3) is 0 Å². The van der Waals surface area contributed by atoms with E-state index in [2.05, 4.69) is 9.98 Å². The first-order valence-electron chi connectivity index (χ1n) is 4.50. The number of carbonyl (C=O) groups is 2. The molecule has 0 spiro atoms. The van der Waals surface area contributed by atoms with E-state index in [9.17, 15) is 9.59 Å². The maximum Gasteiger partial charge on any atom is 0.368 e. The highest BCUT2D eigenvalue weighted by molar-refractivity contribution is 5.90. The van der Waals surface area contributed by atoms with E-state index < -0.39 is 12.0 Å². The molecule has 1 aromatic carbocycles. The summed E-state index contributed by atoms with van der Waals surface area (Å²) in [6, 6.07) is 4.26. The Hall–Kier alpha value is -2.04. The van der Waals surface area contributed by atoms with E-state index in [1.54, 1.807) is 25.1 Å². The van der Waals surface area contributed by atoms with Crippen molar-refractivity contribution in [1.82, 2.24) is 0 Å². The number of hydrogen-bond donors (Lipinski definition) is 0. The van der Waals surface area contributed by atoms with Gasteiger partial charge in [-0.05, 0) is 19.1 Å². The molecule has 0 fully saturated rings. The van der Waals surface area contributed by atoms with Gasteiger partial charge in [0.25, 0.3) is 0 Å². The summed E-state index contributed by atoms with van der Waals surface area (Å²) in [4.78, 5) is 29.7. The maximum absolute atomic E-state index is 11.5. The zero-order valence-corrected chi connectivity index (χ0v) is 8.06. The second-order valence-corrected chi connectivity index (χ2v) is 2.90. The first-order valence-corrected chi connectivity index (χ1v) is 4.50. The summed E-state index contributed by atoms with van der Waals surface area (Å²) in [6.07, 6.45) is 0. The average molecular weight is 204 g/mol. The van der Waals surface area contributed by atoms with Crippen LogP contribution in [0.4, 0.5) is 4.79 Å². The normalized spacial score (nSPS) is 12.7. The van der Waals surface area contributed by atoms with E-state index in [4.69, 9.17) is 4.74 Å². The van der Waals surface area contributed by atoms with Crippen LogP contribution in [-0.4, -0.2) is 18.6 Å². The third kappa shape index (κ3) is 1.63. The SMILES string of the molecule is CCOC(=O)c1cccc2c1=NC(=O)N=2. The van der Waals surface area contributed by atoms with Crippen LogP contribution in [0.2, 0.25) is 0 Å². The molecule has 5 nitrogen and oxygen atoms in total. The third-order valence-corrected chi connectivity index (χ3v) is 1.93. The third-order valence-electron chi connectivity index (χ3n) is 1.93. The number of esters is 1. The monoisotopic (exact) mass is 204 g/mol. The highest BCUT2D eigenvalue weighted by atomic mass is 16.5. The van der Waals surface area contributed by atoms with Gasteiger partial charge in [-0.15, -0.1) is 0 Å². The topological polar surface area (TPSA) is 68.1 Å². The Balaban J connectivity index is 2.59. The Morgan fingerprint density at radius 2 is 2.20 bits per heavy atom. The van der Waals surface area contributed by atoms with Gasteiger partial charge >= 0.3 is 12.0 Å². The van der Waals surface area contributed by atoms with Crippen LogP contribution in [-0.2, 0) is 4.74 Å². The summed E-state index contributed by atoms with van der Waals surface area (Å²) < 4.78 is 4.84. The van der Waals surface area contributed by atoms with Crippen molar-refractivity contribution in [3.05, 3.63) is 34.5 Å². The molecule has 2 amide bonds. The molecule has 0 bridgehead atoms. The molecule has 1 aliphatic rings. The van der Waals surface area contributed by atoms with Crippen LogP contribution in [0.3, 0.4) is 0 Å². The number of carbonyl (C=O) groups excluding carboxylic acids is 2. The fourth-order valence-corrected chi connectivity index (χ4v) is 1.34. The van der Waals surface area contributed by atoms with E-state index in [0.29, 0.717) is 10.7 Å². The van der Waals surface area contributed by atoms with Gasteiger partial charge in [0.05, 0.1) is 17.5 Å². The minimum absolute atomic E-state index is 0.281. The predicted octanol–water partition coefficient (Wildman–Crippen LogP) is 0.236. The largest absolute Gasteiger partial charge is 0.462 e. The zero-order valence-electron chi connectivity index (χ0n) is 8.06. The van der Waals surface area contributed by atoms with E-state index in [0.717, 1.165) is 0 Å². The molecule has 2 rings (SSSR count). The molecule has 0 saturated heterocycles. The number of rotatable bonds is 2. The van der Waals surface area contributed by atoms with E-state index >= 15 is 0 Å². The lowest BCUT2D eigenvalue weighted by atomic mass is 10.2. The maximum atomic E-state index is 11.5. The number of hydrogen-bond acceptors (Lipinski definition) is 3. The molecule has 0 N–H and O–H groups in total. The summed E-state index contributed by atoms with van der Waals surface area (Å²) in [5.41, 5.74) is 0.281. The van der Waals surface area contributed by atoms with Gasteiger partial charge in [0, 0.05) is 0 Å². The highest BCUT2D eigenvalue weighted by Crippen LogP contribution is 1.96. The van der Waals surface area contributed by atoms with Gasteiger partial charge in [0.2, 0.25) is 0 Å². The minimum atomic E-state index is -0.582. The van der Waals surface area contributed by atoms with Crippen molar-refractivity contribution in [2.24, 2.45) is 9.98 Å². The fourth-order valence-electron chi connectivity index (χ4n) is 1.34. The van der Waals surface area contributed by atoms with Crippen molar-refractivity contribution >= 4 is 12.0 Å². The standard InChI is InChI=1S/C10H8N2O3/c1-2-15-9(13)6-4-3-5-7-8(6)12-10(14)11-7/h3-5H,2H2,1H3. The molecule has 0 saturated carbocycles. The number of para-hydroxylation sites is 1. The average Bonchev–Trinajstić information content (AvgIpc) is 2.57. The minimum Gasteiger partial charge on any atom is -0.462 e. The summed E-state index contributed by atoms with van der Waals surface area (Å²) in [5, 5.41) is 0.728. The van der Waals surface area contributed by atoms with Crippen LogP contribution in [0, 0.1) is 0 Å². The van der Waals surface area contributed by atoms with Crippen molar-refractivity contribution in [2.45, 2.75) is 6.92 Å². The van der Waals surface area contributed by atoms with Crippen molar-refractivity contribution in [3.63, 3.8) is 0 Å². The lowest BCUT2D eigenvalue weighted by Gasteiger charge is -1.99. The summed E-state index contributed by atoms with van der Waals surface area (Å²) in [5.74, 6) is -0.483. The van der Waals surface area contributed by atoms with E-state index in [1.165, 1.54) is 0 Å². The molecule has 0 aromatic heterocycles. The first-order chi connectivity index (χ1) is 7.22. The van der Waals surface area contributed by atoms with Gasteiger partial charge < -0.3 is 4.74 Å². The van der Waals surface area contributed by atoms with Crippen LogP contribution in [0.5, 0.6) is 0 Å². The zero-order chi connectivity index (χ0) is 10.8. The molecule has 15 heavy (non-hydrogen) atoms. The quantitative estimate of drug-likeness (QED) is 0.648. The molecule has 5 heteroatoms. The highest BCUT2D eigenvalue weighted by Gasteiger charge is 2.14. The molecule has 76 valence electrons. The molecule has 1 aliphatic heterocycles. The Bertz CT molecular complexity index is 548. The first kappa shape index (κ1) is 9.51. The van der Waals surface area contributed by atoms with Gasteiger partial charge in [0.15, 0.2) is 0 Å². The van der Waals surface area contributed by atoms with Crippen molar-refractivity contribution in [2.75, 3.05) is 6.61 Å². The van der Waals surface area contributed by atoms with Crippen LogP contribution >= 0.6 is 0 Å². The summed E-state index contributed by atoms with van der Waals surface area (Å²) >= 11 is 0. The van der Waals surface area contributed by atoms with Gasteiger partial charge in [0.1, 0.15) is 5.36 Å². The molecule has 1 heterocycles. The number of nitrogens with zero attached hydrogens (tertiary/aromatic N) is 2. The van der Waals surface area contributed by atoms with Crippen LogP contribution in [0.1, 0.15) is 17.3 Å². The van der Waals surface area contributed by atoms with E-state index in [1.807, 2.05) is 0 Å². The Morgan fingerprint density at radius 3 is 2.93 bits per heavy atom. The summed E-state index contributed by atoms with van der Waals surface area (Å²) in [7, 11) is 0. The van der Waals surface area contributed by atoms with Crippen molar-refractivity contribution in [1.29, 1.82) is 0 Å². The predicted molar refractivity (Wildman–Crippen MR) is 50.1 cm³/mol. The smallest absolute Gasteiger partial charge is 0.368 e. The molecule has 0 radical (unpaired) electrons. The van der Waals surface area contributed by atoms with E-state index in [-0.39, 0.29) is 12.2 Å². The Labute approximate surface area is 85.1 Å². The van der Waals surface area contributed by atoms with Gasteiger partial charge in [-0.2, -0.15) is 9.98 Å². The van der Waals surface area contributed by atoms with Gasteiger partial charge in [-0.1, -0.05) is 6.07 Å². The van der Waals surface area contributed by atoms with Crippen molar-refractivity contribution in [3.8, 4) is 0 Å². The van der Waals surface area contributed by atoms with Gasteiger partial charge in [-0.25, -0.2) is 9.59 Å². The molecular weight excluding hydrogens is 196 g/mol. The Kier molecular flexibility index (Phi) is 2.29. The van der Waals surface area contributed by atoms with Crippen LogP contribution in [0.15, 0.2) is 28.2 Å². The Morgan fingerprint density at radius 1 is 1.40 bits per heavy atom. The summed E-state index contributed by atoms with van der Waals surface area (Å²) in [6.45, 7) is 2.00. The number of amides is 2. The molecular formula is C10H8N2O3. The number of ether oxygens (including phenoxy) is 1. The number of benzene rings is 1. The molecule has 1 aromatic rings. The second-order valence-electron chi connectivity index (χ2n) is 2.90.